The third-order valence-corrected chi connectivity index (χ3v) is 6.98. The third-order valence-electron chi connectivity index (χ3n) is 5.79. The van der Waals surface area contributed by atoms with Crippen molar-refractivity contribution in [1.82, 2.24) is 4.90 Å². The van der Waals surface area contributed by atoms with Crippen LogP contribution in [0.2, 0.25) is 0 Å². The Morgan fingerprint density at radius 3 is 2.41 bits per heavy atom. The van der Waals surface area contributed by atoms with Crippen molar-refractivity contribution in [2.75, 3.05) is 25.6 Å². The summed E-state index contributed by atoms with van der Waals surface area (Å²) in [5.74, 6) is 1.20. The van der Waals surface area contributed by atoms with Crippen LogP contribution in [0.25, 0.3) is 0 Å². The Morgan fingerprint density at radius 2 is 1.73 bits per heavy atom. The number of aliphatic imine (C=N–C) groups is 1. The second-order valence-electron chi connectivity index (χ2n) is 8.55. The normalized spacial score (nSPS) is 16.5. The highest BCUT2D eigenvalue weighted by Crippen LogP contribution is 2.30. The molecule has 1 aliphatic rings. The molecule has 3 aromatic rings. The van der Waals surface area contributed by atoms with E-state index in [9.17, 15) is 9.59 Å². The van der Waals surface area contributed by atoms with E-state index in [0.717, 1.165) is 29.2 Å². The number of nitrogens with zero attached hydrogens (tertiary/aromatic N) is 2. The number of rotatable bonds is 10. The molecule has 1 saturated heterocycles. The number of anilines is 1. The lowest BCUT2D eigenvalue weighted by molar-refractivity contribution is -0.129. The number of carbonyl (C=O) groups is 2. The molecule has 1 fully saturated rings. The minimum atomic E-state index is -0.580. The van der Waals surface area contributed by atoms with Gasteiger partial charge in [0.05, 0.1) is 19.4 Å². The number of para-hydroxylation sites is 1. The van der Waals surface area contributed by atoms with Gasteiger partial charge in [0.25, 0.3) is 0 Å². The van der Waals surface area contributed by atoms with Crippen molar-refractivity contribution in [3.8, 4) is 11.5 Å². The average Bonchev–Trinajstić information content (AvgIpc) is 2.93. The maximum absolute atomic E-state index is 13.2. The fourth-order valence-corrected chi connectivity index (χ4v) is 4.91. The average molecular weight is 518 g/mol. The van der Waals surface area contributed by atoms with Crippen LogP contribution in [0.3, 0.4) is 0 Å². The molecule has 0 aromatic heterocycles. The fourth-order valence-electron chi connectivity index (χ4n) is 3.78. The van der Waals surface area contributed by atoms with Crippen molar-refractivity contribution < 1.29 is 19.1 Å². The van der Waals surface area contributed by atoms with Crippen LogP contribution in [0.5, 0.6) is 11.5 Å². The van der Waals surface area contributed by atoms with Crippen molar-refractivity contribution in [2.45, 2.75) is 31.4 Å². The van der Waals surface area contributed by atoms with Crippen molar-refractivity contribution in [3.05, 3.63) is 84.4 Å². The lowest BCUT2D eigenvalue weighted by atomic mass is 10.1. The monoisotopic (exact) mass is 517 g/mol. The molecule has 37 heavy (non-hydrogen) atoms. The lowest BCUT2D eigenvalue weighted by Crippen LogP contribution is -2.46. The van der Waals surface area contributed by atoms with Gasteiger partial charge in [-0.2, -0.15) is 0 Å². The molecule has 3 aromatic carbocycles. The summed E-state index contributed by atoms with van der Waals surface area (Å²) in [6, 6.07) is 24.5. The molecular weight excluding hydrogens is 486 g/mol. The summed E-state index contributed by atoms with van der Waals surface area (Å²) >= 11 is 1.32. The van der Waals surface area contributed by atoms with E-state index in [1.54, 1.807) is 24.1 Å². The number of ether oxygens (including phenoxy) is 2. The van der Waals surface area contributed by atoms with Gasteiger partial charge in [0.1, 0.15) is 16.7 Å². The highest BCUT2D eigenvalue weighted by Gasteiger charge is 2.35. The van der Waals surface area contributed by atoms with Crippen LogP contribution in [0.1, 0.15) is 25.3 Å². The van der Waals surface area contributed by atoms with Crippen LogP contribution in [0, 0.1) is 0 Å². The molecule has 2 amide bonds. The maximum Gasteiger partial charge on any atom is 0.238 e. The van der Waals surface area contributed by atoms with Gasteiger partial charge in [0, 0.05) is 18.7 Å². The van der Waals surface area contributed by atoms with Gasteiger partial charge in [-0.25, -0.2) is 4.99 Å². The molecule has 192 valence electrons. The fraction of sp³-hybridized carbons (Fsp3) is 0.276. The zero-order valence-electron chi connectivity index (χ0n) is 21.1. The van der Waals surface area contributed by atoms with Crippen LogP contribution >= 0.6 is 11.8 Å². The molecule has 7 nitrogen and oxygen atoms in total. The summed E-state index contributed by atoms with van der Waals surface area (Å²) in [6.45, 7) is 3.16. The van der Waals surface area contributed by atoms with Crippen LogP contribution in [-0.2, 0) is 16.0 Å². The Morgan fingerprint density at radius 1 is 1.03 bits per heavy atom. The summed E-state index contributed by atoms with van der Waals surface area (Å²) in [5, 5.41) is 2.88. The summed E-state index contributed by atoms with van der Waals surface area (Å²) in [4.78, 5) is 32.8. The molecule has 4 rings (SSSR count). The number of amides is 2. The highest BCUT2D eigenvalue weighted by atomic mass is 32.2. The largest absolute Gasteiger partial charge is 0.497 e. The number of methoxy groups -OCH3 is 1. The first-order chi connectivity index (χ1) is 18.1. The number of thioether (sulfide) groups is 1. The molecule has 1 atom stereocenters. The third kappa shape index (κ3) is 7.36. The van der Waals surface area contributed by atoms with Gasteiger partial charge in [0.2, 0.25) is 11.8 Å². The van der Waals surface area contributed by atoms with E-state index in [1.807, 2.05) is 73.7 Å². The molecule has 1 unspecified atom stereocenters. The summed E-state index contributed by atoms with van der Waals surface area (Å²) < 4.78 is 10.8. The van der Waals surface area contributed by atoms with Crippen LogP contribution in [-0.4, -0.2) is 47.4 Å². The first-order valence-corrected chi connectivity index (χ1v) is 13.2. The maximum atomic E-state index is 13.2. The summed E-state index contributed by atoms with van der Waals surface area (Å²) in [7, 11) is 1.63. The first-order valence-electron chi connectivity index (χ1n) is 12.3. The number of hydrogen-bond acceptors (Lipinski definition) is 6. The molecule has 1 heterocycles. The summed E-state index contributed by atoms with van der Waals surface area (Å²) in [6.07, 6.45) is 1.69. The van der Waals surface area contributed by atoms with E-state index in [0.29, 0.717) is 30.4 Å². The number of benzene rings is 3. The Kier molecular flexibility index (Phi) is 9.21. The van der Waals surface area contributed by atoms with E-state index in [-0.39, 0.29) is 18.2 Å². The lowest BCUT2D eigenvalue weighted by Gasteiger charge is -2.32. The summed E-state index contributed by atoms with van der Waals surface area (Å²) in [5.41, 5.74) is 2.48. The van der Waals surface area contributed by atoms with Gasteiger partial charge in [-0.05, 0) is 66.9 Å². The Balaban J connectivity index is 1.47. The van der Waals surface area contributed by atoms with E-state index in [1.165, 1.54) is 11.8 Å². The molecule has 0 aliphatic carbocycles. The van der Waals surface area contributed by atoms with Crippen LogP contribution in [0.15, 0.2) is 83.9 Å². The molecule has 0 saturated carbocycles. The van der Waals surface area contributed by atoms with Crippen LogP contribution in [0.4, 0.5) is 11.4 Å². The predicted molar refractivity (Wildman–Crippen MR) is 149 cm³/mol. The van der Waals surface area contributed by atoms with Gasteiger partial charge < -0.3 is 14.8 Å². The van der Waals surface area contributed by atoms with Crippen molar-refractivity contribution in [1.29, 1.82) is 0 Å². The standard InChI is InChI=1S/C29H31N3O4S/c1-3-19-36-25-15-11-23(12-16-25)30-28(34)26-20-27(33)32(18-17-21-9-13-24(35-2)14-10-21)29(37-26)31-22-7-5-4-6-8-22/h4-16,26H,3,17-20H2,1-2H3,(H,30,34). The SMILES string of the molecule is CCCOc1ccc(NC(=O)C2CC(=O)N(CCc3ccc(OC)cc3)C(=Nc3ccccc3)S2)cc1. The quantitative estimate of drug-likeness (QED) is 0.374. The number of nitrogens with one attached hydrogen (secondary N) is 1. The molecule has 1 aliphatic heterocycles. The zero-order valence-corrected chi connectivity index (χ0v) is 21.9. The van der Waals surface area contributed by atoms with Crippen molar-refractivity contribution >= 4 is 40.1 Å². The highest BCUT2D eigenvalue weighted by molar-refractivity contribution is 8.15. The van der Waals surface area contributed by atoms with E-state index >= 15 is 0 Å². The molecule has 1 N–H and O–H groups in total. The van der Waals surface area contributed by atoms with Gasteiger partial charge in [-0.15, -0.1) is 0 Å². The van der Waals surface area contributed by atoms with Gasteiger partial charge in [0.15, 0.2) is 5.17 Å². The van der Waals surface area contributed by atoms with E-state index in [4.69, 9.17) is 14.5 Å². The topological polar surface area (TPSA) is 80.2 Å². The first kappa shape index (κ1) is 26.3. The number of hydrogen-bond donors (Lipinski definition) is 1. The molecule has 0 radical (unpaired) electrons. The number of amidine groups is 1. The minimum Gasteiger partial charge on any atom is -0.497 e. The van der Waals surface area contributed by atoms with E-state index < -0.39 is 5.25 Å². The van der Waals surface area contributed by atoms with Gasteiger partial charge in [-0.3, -0.25) is 14.5 Å². The molecular formula is C29H31N3O4S. The number of carbonyl (C=O) groups excluding carboxylic acids is 2. The Bertz CT molecular complexity index is 1210. The van der Waals surface area contributed by atoms with Crippen molar-refractivity contribution in [2.24, 2.45) is 4.99 Å². The molecule has 0 spiro atoms. The molecule has 8 heteroatoms. The second-order valence-corrected chi connectivity index (χ2v) is 9.72. The van der Waals surface area contributed by atoms with Gasteiger partial charge >= 0.3 is 0 Å². The zero-order chi connectivity index (χ0) is 26.0. The van der Waals surface area contributed by atoms with E-state index in [2.05, 4.69) is 5.32 Å². The van der Waals surface area contributed by atoms with Crippen LogP contribution < -0.4 is 14.8 Å². The Labute approximate surface area is 221 Å². The Hall–Kier alpha value is -3.78. The van der Waals surface area contributed by atoms with Gasteiger partial charge in [-0.1, -0.05) is 49.0 Å². The second kappa shape index (κ2) is 13.0. The molecule has 0 bridgehead atoms. The predicted octanol–water partition coefficient (Wildman–Crippen LogP) is 5.69. The van der Waals surface area contributed by atoms with Crippen molar-refractivity contribution in [3.63, 3.8) is 0 Å². The smallest absolute Gasteiger partial charge is 0.238 e. The minimum absolute atomic E-state index is 0.102.